The summed E-state index contributed by atoms with van der Waals surface area (Å²) in [7, 11) is 0. The Morgan fingerprint density at radius 3 is 2.53 bits per heavy atom. The zero-order chi connectivity index (χ0) is 13.0. The van der Waals surface area contributed by atoms with Gasteiger partial charge in [-0.3, -0.25) is 10.1 Å². The number of imide groups is 1. The fraction of sp³-hybridized carbons (Fsp3) is 0.333. The number of benzene rings is 1. The highest BCUT2D eigenvalue weighted by molar-refractivity contribution is 5.97. The molecule has 17 heavy (non-hydrogen) atoms. The molecule has 1 rings (SSSR count). The first-order valence-electron chi connectivity index (χ1n) is 5.34. The van der Waals surface area contributed by atoms with Crippen molar-refractivity contribution in [3.63, 3.8) is 0 Å². The van der Waals surface area contributed by atoms with E-state index in [1.165, 1.54) is 0 Å². The fourth-order valence-electron chi connectivity index (χ4n) is 1.42. The molecule has 5 heteroatoms. The van der Waals surface area contributed by atoms with E-state index in [9.17, 15) is 9.59 Å². The molecular weight excluding hydrogens is 218 g/mol. The van der Waals surface area contributed by atoms with E-state index in [-0.39, 0.29) is 0 Å². The van der Waals surface area contributed by atoms with Crippen molar-refractivity contribution in [1.82, 2.24) is 5.32 Å². The summed E-state index contributed by atoms with van der Waals surface area (Å²) in [4.78, 5) is 22.0. The van der Waals surface area contributed by atoms with Crippen LogP contribution in [0.3, 0.4) is 0 Å². The molecule has 4 N–H and O–H groups in total. The van der Waals surface area contributed by atoms with E-state index >= 15 is 0 Å². The van der Waals surface area contributed by atoms with Crippen LogP contribution in [0.5, 0.6) is 0 Å². The summed E-state index contributed by atoms with van der Waals surface area (Å²) in [6.45, 7) is 5.58. The van der Waals surface area contributed by atoms with E-state index in [1.807, 2.05) is 37.4 Å². The molecule has 0 saturated heterocycles. The van der Waals surface area contributed by atoms with Gasteiger partial charge in [0.25, 0.3) is 0 Å². The molecule has 0 saturated carbocycles. The minimum atomic E-state index is -0.843. The van der Waals surface area contributed by atoms with Crippen LogP contribution in [-0.4, -0.2) is 18.0 Å². The van der Waals surface area contributed by atoms with E-state index in [0.717, 1.165) is 16.8 Å². The number of urea groups is 1. The van der Waals surface area contributed by atoms with E-state index < -0.39 is 18.0 Å². The van der Waals surface area contributed by atoms with Gasteiger partial charge in [-0.25, -0.2) is 4.79 Å². The fourth-order valence-corrected chi connectivity index (χ4v) is 1.42. The standard InChI is InChI=1S/C12H17N3O2/c1-7-4-5-8(2)10(6-7)14-9(3)11(16)15-12(13)17/h4-6,9,14H,1-3H3,(H3,13,15,16,17)/t9-/m0/s1. The number of carbonyl (C=O) groups is 2. The van der Waals surface area contributed by atoms with Crippen LogP contribution >= 0.6 is 0 Å². The molecule has 3 amide bonds. The predicted molar refractivity (Wildman–Crippen MR) is 66.7 cm³/mol. The van der Waals surface area contributed by atoms with Gasteiger partial charge in [-0.05, 0) is 38.0 Å². The molecular formula is C12H17N3O2. The highest BCUT2D eigenvalue weighted by Gasteiger charge is 2.14. The molecule has 1 aromatic rings. The van der Waals surface area contributed by atoms with Crippen LogP contribution in [0.2, 0.25) is 0 Å². The summed E-state index contributed by atoms with van der Waals surface area (Å²) in [6, 6.07) is 4.54. The average molecular weight is 235 g/mol. The van der Waals surface area contributed by atoms with Gasteiger partial charge in [0.2, 0.25) is 5.91 Å². The van der Waals surface area contributed by atoms with Crippen molar-refractivity contribution >= 4 is 17.6 Å². The van der Waals surface area contributed by atoms with Gasteiger partial charge in [-0.2, -0.15) is 0 Å². The lowest BCUT2D eigenvalue weighted by atomic mass is 10.1. The monoisotopic (exact) mass is 235 g/mol. The van der Waals surface area contributed by atoms with E-state index in [1.54, 1.807) is 6.92 Å². The second kappa shape index (κ2) is 5.34. The zero-order valence-electron chi connectivity index (χ0n) is 10.2. The molecule has 1 atom stereocenters. The van der Waals surface area contributed by atoms with Crippen LogP contribution in [0.4, 0.5) is 10.5 Å². The molecule has 92 valence electrons. The maximum atomic E-state index is 11.5. The lowest BCUT2D eigenvalue weighted by Crippen LogP contribution is -2.43. The Morgan fingerprint density at radius 1 is 1.29 bits per heavy atom. The molecule has 0 fully saturated rings. The molecule has 0 bridgehead atoms. The van der Waals surface area contributed by atoms with Crippen molar-refractivity contribution in [3.8, 4) is 0 Å². The summed E-state index contributed by atoms with van der Waals surface area (Å²) < 4.78 is 0. The first-order valence-corrected chi connectivity index (χ1v) is 5.34. The smallest absolute Gasteiger partial charge is 0.318 e. The third-order valence-electron chi connectivity index (χ3n) is 2.40. The molecule has 0 aliphatic carbocycles. The number of carbonyl (C=O) groups excluding carboxylic acids is 2. The number of hydrogen-bond acceptors (Lipinski definition) is 3. The Morgan fingerprint density at radius 2 is 1.94 bits per heavy atom. The van der Waals surface area contributed by atoms with Crippen LogP contribution < -0.4 is 16.4 Å². The lowest BCUT2D eigenvalue weighted by Gasteiger charge is -2.16. The molecule has 0 heterocycles. The molecule has 0 aromatic heterocycles. The Balaban J connectivity index is 2.73. The van der Waals surface area contributed by atoms with Gasteiger partial charge in [0.1, 0.15) is 6.04 Å². The van der Waals surface area contributed by atoms with E-state index in [0.29, 0.717) is 0 Å². The van der Waals surface area contributed by atoms with Gasteiger partial charge in [-0.15, -0.1) is 0 Å². The van der Waals surface area contributed by atoms with Crippen molar-refractivity contribution in [3.05, 3.63) is 29.3 Å². The topological polar surface area (TPSA) is 84.2 Å². The Bertz CT molecular complexity index is 443. The quantitative estimate of drug-likeness (QED) is 0.738. The van der Waals surface area contributed by atoms with Crippen LogP contribution in [0.1, 0.15) is 18.1 Å². The van der Waals surface area contributed by atoms with E-state index in [2.05, 4.69) is 5.32 Å². The molecule has 0 spiro atoms. The lowest BCUT2D eigenvalue weighted by molar-refractivity contribution is -0.120. The second-order valence-corrected chi connectivity index (χ2v) is 4.04. The number of anilines is 1. The van der Waals surface area contributed by atoms with Crippen molar-refractivity contribution in [2.75, 3.05) is 5.32 Å². The molecule has 1 aromatic carbocycles. The first kappa shape index (κ1) is 13.0. The SMILES string of the molecule is Cc1ccc(C)c(N[C@@H](C)C(=O)NC(N)=O)c1. The number of amides is 3. The second-order valence-electron chi connectivity index (χ2n) is 4.04. The molecule has 0 unspecified atom stereocenters. The largest absolute Gasteiger partial charge is 0.374 e. The van der Waals surface area contributed by atoms with Gasteiger partial charge in [-0.1, -0.05) is 12.1 Å². The zero-order valence-corrected chi connectivity index (χ0v) is 10.2. The number of rotatable bonds is 3. The maximum Gasteiger partial charge on any atom is 0.318 e. The summed E-state index contributed by atoms with van der Waals surface area (Å²) >= 11 is 0. The first-order chi connectivity index (χ1) is 7.90. The number of nitrogens with two attached hydrogens (primary N) is 1. The summed E-state index contributed by atoms with van der Waals surface area (Å²) in [5, 5.41) is 5.07. The minimum absolute atomic E-state index is 0.446. The van der Waals surface area contributed by atoms with Crippen molar-refractivity contribution in [1.29, 1.82) is 0 Å². The third kappa shape index (κ3) is 3.79. The normalized spacial score (nSPS) is 11.7. The van der Waals surface area contributed by atoms with Crippen LogP contribution in [0.25, 0.3) is 0 Å². The minimum Gasteiger partial charge on any atom is -0.374 e. The van der Waals surface area contributed by atoms with Crippen molar-refractivity contribution < 1.29 is 9.59 Å². The van der Waals surface area contributed by atoms with E-state index in [4.69, 9.17) is 5.73 Å². The molecule has 0 radical (unpaired) electrons. The number of nitrogens with one attached hydrogen (secondary N) is 2. The van der Waals surface area contributed by atoms with Crippen molar-refractivity contribution in [2.45, 2.75) is 26.8 Å². The van der Waals surface area contributed by atoms with Crippen LogP contribution in [-0.2, 0) is 4.79 Å². The Hall–Kier alpha value is -2.04. The van der Waals surface area contributed by atoms with Crippen LogP contribution in [0, 0.1) is 13.8 Å². The Labute approximate surface area is 100 Å². The summed E-state index contributed by atoms with van der Waals surface area (Å²) in [6.07, 6.45) is 0. The average Bonchev–Trinajstić information content (AvgIpc) is 2.22. The Kier molecular flexibility index (Phi) is 4.09. The summed E-state index contributed by atoms with van der Waals surface area (Å²) in [5.74, 6) is -0.446. The van der Waals surface area contributed by atoms with Crippen molar-refractivity contribution in [2.24, 2.45) is 5.73 Å². The van der Waals surface area contributed by atoms with Gasteiger partial charge in [0, 0.05) is 5.69 Å². The van der Waals surface area contributed by atoms with Gasteiger partial charge < -0.3 is 11.1 Å². The number of primary amides is 1. The number of aryl methyl sites for hydroxylation is 2. The third-order valence-corrected chi connectivity index (χ3v) is 2.40. The van der Waals surface area contributed by atoms with Gasteiger partial charge >= 0.3 is 6.03 Å². The molecule has 5 nitrogen and oxygen atoms in total. The predicted octanol–water partition coefficient (Wildman–Crippen LogP) is 1.30. The number of hydrogen-bond donors (Lipinski definition) is 3. The highest BCUT2D eigenvalue weighted by Crippen LogP contribution is 2.17. The van der Waals surface area contributed by atoms with Gasteiger partial charge in [0.05, 0.1) is 0 Å². The van der Waals surface area contributed by atoms with Gasteiger partial charge in [0.15, 0.2) is 0 Å². The van der Waals surface area contributed by atoms with Crippen LogP contribution in [0.15, 0.2) is 18.2 Å². The molecule has 0 aliphatic rings. The highest BCUT2D eigenvalue weighted by atomic mass is 16.2. The summed E-state index contributed by atoms with van der Waals surface area (Å²) in [5.41, 5.74) is 7.89. The maximum absolute atomic E-state index is 11.5. The molecule has 0 aliphatic heterocycles.